The highest BCUT2D eigenvalue weighted by Crippen LogP contribution is 2.45. The first kappa shape index (κ1) is 29.5. The number of nitrogens with one attached hydrogen (secondary N) is 2. The number of allylic oxidation sites excluding steroid dienone is 4. The summed E-state index contributed by atoms with van der Waals surface area (Å²) in [4.78, 5) is 2.54. The minimum Gasteiger partial charge on any atom is -0.365 e. The van der Waals surface area contributed by atoms with E-state index in [1.807, 2.05) is 0 Å². The van der Waals surface area contributed by atoms with E-state index in [0.717, 1.165) is 18.5 Å². The lowest BCUT2D eigenvalue weighted by molar-refractivity contribution is 0.452. The van der Waals surface area contributed by atoms with Crippen LogP contribution in [0, 0.1) is 5.92 Å². The van der Waals surface area contributed by atoms with Gasteiger partial charge in [-0.1, -0.05) is 158 Å². The third kappa shape index (κ3) is 5.47. The van der Waals surface area contributed by atoms with Gasteiger partial charge < -0.3 is 10.2 Å². The molecule has 5 aromatic carbocycles. The Labute approximate surface area is 289 Å². The average Bonchev–Trinajstić information content (AvgIpc) is 3.53. The van der Waals surface area contributed by atoms with Gasteiger partial charge in [-0.25, -0.2) is 0 Å². The molecule has 0 radical (unpaired) electrons. The van der Waals surface area contributed by atoms with Gasteiger partial charge in [-0.05, 0) is 70.0 Å². The highest BCUT2D eigenvalue weighted by atomic mass is 15.2. The van der Waals surface area contributed by atoms with Crippen molar-refractivity contribution in [3.05, 3.63) is 210 Å². The molecule has 3 nitrogen and oxygen atoms in total. The highest BCUT2D eigenvalue weighted by molar-refractivity contribution is 5.93. The Morgan fingerprint density at radius 1 is 0.571 bits per heavy atom. The van der Waals surface area contributed by atoms with Crippen molar-refractivity contribution < 1.29 is 0 Å². The summed E-state index contributed by atoms with van der Waals surface area (Å²) in [5.74, 6) is 0.474. The maximum atomic E-state index is 3.98. The van der Waals surface area contributed by atoms with Crippen molar-refractivity contribution in [2.75, 3.05) is 4.90 Å². The second kappa shape index (κ2) is 12.8. The van der Waals surface area contributed by atoms with E-state index in [1.54, 1.807) is 5.57 Å². The van der Waals surface area contributed by atoms with E-state index in [4.69, 9.17) is 0 Å². The van der Waals surface area contributed by atoms with Gasteiger partial charge >= 0.3 is 0 Å². The molecule has 2 heterocycles. The standard InChI is InChI=1S/C46H39N3/c1-4-14-34(15-5-1)43-44(35-16-6-2-7-17-35)47-46(48-45(43)36-18-8-3-9-19-36)37-26-24-32(25-27-37)33-28-30-38(31-29-33)49-41-22-12-10-20-39(41)40-21-11-13-23-42(40)49/h1-10,12-20,22-31,39,41,44,46-48H,11,21H2. The molecule has 4 aliphatic rings. The lowest BCUT2D eigenvalue weighted by Crippen LogP contribution is -2.41. The molecule has 0 saturated carbocycles. The minimum absolute atomic E-state index is 0.00611. The molecule has 238 valence electrons. The smallest absolute Gasteiger partial charge is 0.104 e. The van der Waals surface area contributed by atoms with Crippen LogP contribution in [0.2, 0.25) is 0 Å². The quantitative estimate of drug-likeness (QED) is 0.195. The number of nitrogens with zero attached hydrogens (tertiary/aromatic N) is 1. The number of benzene rings is 5. The molecule has 0 aromatic heterocycles. The van der Waals surface area contributed by atoms with Crippen LogP contribution in [0.25, 0.3) is 22.4 Å². The van der Waals surface area contributed by atoms with Crippen LogP contribution in [0.15, 0.2) is 187 Å². The SMILES string of the molecule is C1=CC2C3=C(C=CCC3)N(c3ccc(-c4ccc(C5NC(c6ccccc6)=C(c6ccccc6)C(c6ccccc6)N5)cc4)cc3)C2C=C1. The Bertz CT molecular complexity index is 2100. The van der Waals surface area contributed by atoms with E-state index in [9.17, 15) is 0 Å². The van der Waals surface area contributed by atoms with Crippen LogP contribution in [0.3, 0.4) is 0 Å². The maximum Gasteiger partial charge on any atom is 0.104 e. The second-order valence-electron chi connectivity index (χ2n) is 13.3. The van der Waals surface area contributed by atoms with E-state index < -0.39 is 0 Å². The van der Waals surface area contributed by atoms with Crippen LogP contribution >= 0.6 is 0 Å². The number of fused-ring (bicyclic) bond motifs is 2. The Morgan fingerprint density at radius 3 is 1.92 bits per heavy atom. The van der Waals surface area contributed by atoms with Crippen LogP contribution in [-0.2, 0) is 0 Å². The third-order valence-electron chi connectivity index (χ3n) is 10.4. The van der Waals surface area contributed by atoms with E-state index >= 15 is 0 Å². The minimum atomic E-state index is -0.0731. The van der Waals surface area contributed by atoms with Crippen molar-refractivity contribution in [1.29, 1.82) is 0 Å². The Morgan fingerprint density at radius 2 is 1.20 bits per heavy atom. The highest BCUT2D eigenvalue weighted by Gasteiger charge is 2.39. The molecule has 0 spiro atoms. The van der Waals surface area contributed by atoms with Gasteiger partial charge in [0.1, 0.15) is 6.17 Å². The third-order valence-corrected chi connectivity index (χ3v) is 10.4. The molecular formula is C46H39N3. The van der Waals surface area contributed by atoms with Crippen LogP contribution in [0.4, 0.5) is 5.69 Å². The first-order chi connectivity index (χ1) is 24.3. The van der Waals surface area contributed by atoms with Crippen molar-refractivity contribution in [3.63, 3.8) is 0 Å². The topological polar surface area (TPSA) is 27.3 Å². The van der Waals surface area contributed by atoms with Crippen LogP contribution < -0.4 is 15.5 Å². The fourth-order valence-corrected chi connectivity index (χ4v) is 8.08. The fraction of sp³-hybridized carbons (Fsp3) is 0.130. The Balaban J connectivity index is 1.03. The number of rotatable bonds is 6. The van der Waals surface area contributed by atoms with Gasteiger partial charge in [-0.3, -0.25) is 5.32 Å². The molecule has 0 fully saturated rings. The molecule has 0 saturated heterocycles. The number of anilines is 1. The van der Waals surface area contributed by atoms with Crippen molar-refractivity contribution in [2.45, 2.75) is 31.1 Å². The largest absolute Gasteiger partial charge is 0.365 e. The summed E-state index contributed by atoms with van der Waals surface area (Å²) in [5.41, 5.74) is 13.9. The van der Waals surface area contributed by atoms with E-state index in [0.29, 0.717) is 12.0 Å². The molecule has 2 aliphatic heterocycles. The zero-order valence-corrected chi connectivity index (χ0v) is 27.4. The molecule has 0 bridgehead atoms. The molecule has 49 heavy (non-hydrogen) atoms. The van der Waals surface area contributed by atoms with Crippen molar-refractivity contribution >= 4 is 17.0 Å². The summed E-state index contributed by atoms with van der Waals surface area (Å²) in [7, 11) is 0. The summed E-state index contributed by atoms with van der Waals surface area (Å²) in [6.45, 7) is 0. The zero-order valence-electron chi connectivity index (χ0n) is 27.4. The molecule has 2 aliphatic carbocycles. The average molecular weight is 634 g/mol. The van der Waals surface area contributed by atoms with Crippen molar-refractivity contribution in [3.8, 4) is 11.1 Å². The Hall–Kier alpha value is -5.64. The molecule has 5 aromatic rings. The van der Waals surface area contributed by atoms with Crippen LogP contribution in [0.1, 0.15) is 47.3 Å². The lowest BCUT2D eigenvalue weighted by atomic mass is 9.86. The van der Waals surface area contributed by atoms with Gasteiger partial charge in [-0.15, -0.1) is 0 Å². The van der Waals surface area contributed by atoms with Gasteiger partial charge in [-0.2, -0.15) is 0 Å². The van der Waals surface area contributed by atoms with E-state index in [2.05, 4.69) is 192 Å². The predicted molar refractivity (Wildman–Crippen MR) is 203 cm³/mol. The summed E-state index contributed by atoms with van der Waals surface area (Å²) in [5, 5.41) is 7.90. The monoisotopic (exact) mass is 633 g/mol. The van der Waals surface area contributed by atoms with Gasteiger partial charge in [0.05, 0.1) is 12.1 Å². The number of hydrogen-bond acceptors (Lipinski definition) is 3. The normalized spacial score (nSPS) is 22.6. The molecule has 3 heteroatoms. The number of hydrogen-bond donors (Lipinski definition) is 2. The van der Waals surface area contributed by atoms with Crippen LogP contribution in [0.5, 0.6) is 0 Å². The fourth-order valence-electron chi connectivity index (χ4n) is 8.08. The van der Waals surface area contributed by atoms with Gasteiger partial charge in [0.2, 0.25) is 0 Å². The lowest BCUT2D eigenvalue weighted by Gasteiger charge is -2.38. The first-order valence-electron chi connectivity index (χ1n) is 17.5. The molecule has 0 amide bonds. The van der Waals surface area contributed by atoms with Crippen molar-refractivity contribution in [2.24, 2.45) is 5.92 Å². The molecule has 9 rings (SSSR count). The van der Waals surface area contributed by atoms with Crippen molar-refractivity contribution in [1.82, 2.24) is 10.6 Å². The van der Waals surface area contributed by atoms with E-state index in [1.165, 1.54) is 50.3 Å². The molecule has 4 atom stereocenters. The summed E-state index contributed by atoms with van der Waals surface area (Å²) in [6, 6.07) is 50.8. The van der Waals surface area contributed by atoms with Crippen LogP contribution in [-0.4, -0.2) is 6.04 Å². The molecular weight excluding hydrogens is 595 g/mol. The molecule has 4 unspecified atom stereocenters. The second-order valence-corrected chi connectivity index (χ2v) is 13.3. The first-order valence-corrected chi connectivity index (χ1v) is 17.5. The summed E-state index contributed by atoms with van der Waals surface area (Å²) >= 11 is 0. The van der Waals surface area contributed by atoms with E-state index in [-0.39, 0.29) is 12.2 Å². The summed E-state index contributed by atoms with van der Waals surface area (Å²) in [6.07, 6.45) is 16.0. The predicted octanol–water partition coefficient (Wildman–Crippen LogP) is 10.4. The van der Waals surface area contributed by atoms with Gasteiger partial charge in [0, 0.05) is 28.6 Å². The van der Waals surface area contributed by atoms with Gasteiger partial charge in [0.15, 0.2) is 0 Å². The Kier molecular flexibility index (Phi) is 7.68. The van der Waals surface area contributed by atoms with Gasteiger partial charge in [0.25, 0.3) is 0 Å². The zero-order chi connectivity index (χ0) is 32.6. The maximum absolute atomic E-state index is 3.98. The summed E-state index contributed by atoms with van der Waals surface area (Å²) < 4.78 is 0. The molecule has 2 N–H and O–H groups in total.